The summed E-state index contributed by atoms with van der Waals surface area (Å²) in [6, 6.07) is 2.99. The number of aliphatic imine (C=N–C) groups is 1. The SMILES string of the molecule is CN=Cc1cc(N)c(O)cc1N. The molecule has 0 aliphatic rings. The van der Waals surface area contributed by atoms with Crippen molar-refractivity contribution >= 4 is 17.6 Å². The molecule has 4 heteroatoms. The highest BCUT2D eigenvalue weighted by molar-refractivity contribution is 5.89. The lowest BCUT2D eigenvalue weighted by atomic mass is 10.1. The van der Waals surface area contributed by atoms with Gasteiger partial charge in [-0.3, -0.25) is 4.99 Å². The Morgan fingerprint density at radius 1 is 1.33 bits per heavy atom. The third kappa shape index (κ3) is 1.47. The lowest BCUT2D eigenvalue weighted by Crippen LogP contribution is -1.96. The summed E-state index contributed by atoms with van der Waals surface area (Å²) in [7, 11) is 1.64. The summed E-state index contributed by atoms with van der Waals surface area (Å²) in [6.45, 7) is 0. The molecule has 0 bridgehead atoms. The number of anilines is 2. The predicted octanol–water partition coefficient (Wildman–Crippen LogP) is 0.605. The maximum absolute atomic E-state index is 9.14. The third-order valence-electron chi connectivity index (χ3n) is 1.50. The molecule has 0 aromatic heterocycles. The maximum atomic E-state index is 9.14. The van der Waals surface area contributed by atoms with Gasteiger partial charge in [0.1, 0.15) is 5.75 Å². The van der Waals surface area contributed by atoms with Gasteiger partial charge in [0.2, 0.25) is 0 Å². The topological polar surface area (TPSA) is 84.6 Å². The van der Waals surface area contributed by atoms with Crippen molar-refractivity contribution in [3.8, 4) is 5.75 Å². The Hall–Kier alpha value is -1.71. The largest absolute Gasteiger partial charge is 0.506 e. The molecule has 5 N–H and O–H groups in total. The summed E-state index contributed by atoms with van der Waals surface area (Å²) in [4.78, 5) is 3.80. The number of rotatable bonds is 1. The highest BCUT2D eigenvalue weighted by Gasteiger charge is 2.01. The first-order valence-corrected chi connectivity index (χ1v) is 3.45. The van der Waals surface area contributed by atoms with Crippen LogP contribution in [0.1, 0.15) is 5.56 Å². The van der Waals surface area contributed by atoms with Crippen LogP contribution in [0.3, 0.4) is 0 Å². The lowest BCUT2D eigenvalue weighted by Gasteiger charge is -2.03. The first kappa shape index (κ1) is 8.39. The van der Waals surface area contributed by atoms with Crippen LogP contribution in [0.2, 0.25) is 0 Å². The smallest absolute Gasteiger partial charge is 0.140 e. The maximum Gasteiger partial charge on any atom is 0.140 e. The normalized spacial score (nSPS) is 10.8. The number of benzene rings is 1. The van der Waals surface area contributed by atoms with Gasteiger partial charge >= 0.3 is 0 Å². The number of nitrogen functional groups attached to an aromatic ring is 2. The molecule has 0 aliphatic heterocycles. The van der Waals surface area contributed by atoms with Gasteiger partial charge in [-0.25, -0.2) is 0 Å². The summed E-state index contributed by atoms with van der Waals surface area (Å²) in [5.74, 6) is 0.000697. The molecule has 0 unspecified atom stereocenters. The number of phenols is 1. The number of hydrogen-bond donors (Lipinski definition) is 3. The van der Waals surface area contributed by atoms with Gasteiger partial charge in [-0.1, -0.05) is 0 Å². The predicted molar refractivity (Wildman–Crippen MR) is 50.4 cm³/mol. The second-order valence-electron chi connectivity index (χ2n) is 2.43. The van der Waals surface area contributed by atoms with Crippen LogP contribution < -0.4 is 11.5 Å². The molecule has 0 aliphatic carbocycles. The number of aromatic hydroxyl groups is 1. The number of nitrogens with two attached hydrogens (primary N) is 2. The molecule has 1 aromatic carbocycles. The zero-order chi connectivity index (χ0) is 9.14. The summed E-state index contributed by atoms with van der Waals surface area (Å²) in [5, 5.41) is 9.14. The summed E-state index contributed by atoms with van der Waals surface area (Å²) in [5.41, 5.74) is 12.5. The minimum atomic E-state index is 0.000697. The number of phenolic OH excluding ortho intramolecular Hbond substituents is 1. The molecule has 0 spiro atoms. The monoisotopic (exact) mass is 165 g/mol. The van der Waals surface area contributed by atoms with E-state index in [0.717, 1.165) is 0 Å². The van der Waals surface area contributed by atoms with Gasteiger partial charge in [-0.2, -0.15) is 0 Å². The summed E-state index contributed by atoms with van der Waals surface area (Å²) in [6.07, 6.45) is 1.59. The first-order valence-electron chi connectivity index (χ1n) is 3.45. The standard InChI is InChI=1S/C8H11N3O/c1-11-4-5-2-7(10)8(12)3-6(5)9/h2-4,12H,9-10H2,1H3. The second-order valence-corrected chi connectivity index (χ2v) is 2.43. The molecule has 12 heavy (non-hydrogen) atoms. The van der Waals surface area contributed by atoms with Crippen LogP contribution in [0, 0.1) is 0 Å². The van der Waals surface area contributed by atoms with E-state index in [0.29, 0.717) is 16.9 Å². The fourth-order valence-electron chi connectivity index (χ4n) is 0.890. The molecule has 0 atom stereocenters. The Bertz CT molecular complexity index is 320. The third-order valence-corrected chi connectivity index (χ3v) is 1.50. The molecule has 1 aromatic rings. The molecular weight excluding hydrogens is 154 g/mol. The van der Waals surface area contributed by atoms with Gasteiger partial charge in [0.15, 0.2) is 0 Å². The van der Waals surface area contributed by atoms with E-state index in [1.165, 1.54) is 6.07 Å². The van der Waals surface area contributed by atoms with E-state index in [1.807, 2.05) is 0 Å². The highest BCUT2D eigenvalue weighted by atomic mass is 16.3. The van der Waals surface area contributed by atoms with Crippen LogP contribution in [0.25, 0.3) is 0 Å². The minimum absolute atomic E-state index is 0.000697. The second kappa shape index (κ2) is 3.13. The van der Waals surface area contributed by atoms with Crippen LogP contribution in [0.4, 0.5) is 11.4 Å². The van der Waals surface area contributed by atoms with Gasteiger partial charge in [0, 0.05) is 30.6 Å². The van der Waals surface area contributed by atoms with Crippen molar-refractivity contribution in [3.63, 3.8) is 0 Å². The van der Waals surface area contributed by atoms with Gasteiger partial charge in [0.05, 0.1) is 5.69 Å². The van der Waals surface area contributed by atoms with E-state index < -0.39 is 0 Å². The molecule has 64 valence electrons. The molecule has 0 heterocycles. The molecule has 0 radical (unpaired) electrons. The van der Waals surface area contributed by atoms with E-state index >= 15 is 0 Å². The average molecular weight is 165 g/mol. The van der Waals surface area contributed by atoms with Crippen molar-refractivity contribution in [3.05, 3.63) is 17.7 Å². The zero-order valence-corrected chi connectivity index (χ0v) is 6.78. The Kier molecular flexibility index (Phi) is 2.19. The van der Waals surface area contributed by atoms with Crippen LogP contribution in [-0.2, 0) is 0 Å². The number of hydrogen-bond acceptors (Lipinski definition) is 4. The van der Waals surface area contributed by atoms with Gasteiger partial charge < -0.3 is 16.6 Å². The van der Waals surface area contributed by atoms with Crippen LogP contribution in [0.5, 0.6) is 5.75 Å². The van der Waals surface area contributed by atoms with Gasteiger partial charge in [-0.15, -0.1) is 0 Å². The van der Waals surface area contributed by atoms with E-state index in [2.05, 4.69) is 4.99 Å². The van der Waals surface area contributed by atoms with Crippen molar-refractivity contribution in [1.82, 2.24) is 0 Å². The summed E-state index contributed by atoms with van der Waals surface area (Å²) >= 11 is 0. The fourth-order valence-corrected chi connectivity index (χ4v) is 0.890. The molecule has 0 amide bonds. The Morgan fingerprint density at radius 3 is 2.58 bits per heavy atom. The fraction of sp³-hybridized carbons (Fsp3) is 0.125. The van der Waals surface area contributed by atoms with Gasteiger partial charge in [0.25, 0.3) is 0 Å². The van der Waals surface area contributed by atoms with Crippen LogP contribution >= 0.6 is 0 Å². The minimum Gasteiger partial charge on any atom is -0.506 e. The number of nitrogens with zero attached hydrogens (tertiary/aromatic N) is 1. The van der Waals surface area contributed by atoms with Gasteiger partial charge in [-0.05, 0) is 6.07 Å². The van der Waals surface area contributed by atoms with E-state index in [9.17, 15) is 0 Å². The molecule has 0 saturated carbocycles. The molecule has 0 saturated heterocycles. The van der Waals surface area contributed by atoms with Crippen molar-refractivity contribution in [2.75, 3.05) is 18.5 Å². The molecule has 0 fully saturated rings. The Balaban J connectivity index is 3.23. The van der Waals surface area contributed by atoms with Crippen molar-refractivity contribution in [2.24, 2.45) is 4.99 Å². The van der Waals surface area contributed by atoms with Crippen molar-refractivity contribution < 1.29 is 5.11 Å². The first-order chi connectivity index (χ1) is 5.65. The lowest BCUT2D eigenvalue weighted by molar-refractivity contribution is 0.478. The van der Waals surface area contributed by atoms with Crippen LogP contribution in [0.15, 0.2) is 17.1 Å². The Morgan fingerprint density at radius 2 is 2.00 bits per heavy atom. The molecule has 4 nitrogen and oxygen atoms in total. The van der Waals surface area contributed by atoms with Crippen LogP contribution in [-0.4, -0.2) is 18.4 Å². The van der Waals surface area contributed by atoms with E-state index in [1.54, 1.807) is 19.3 Å². The zero-order valence-electron chi connectivity index (χ0n) is 6.78. The van der Waals surface area contributed by atoms with E-state index in [-0.39, 0.29) is 5.75 Å². The molecular formula is C8H11N3O. The quantitative estimate of drug-likeness (QED) is 0.323. The van der Waals surface area contributed by atoms with Crippen molar-refractivity contribution in [2.45, 2.75) is 0 Å². The van der Waals surface area contributed by atoms with Crippen molar-refractivity contribution in [1.29, 1.82) is 0 Å². The average Bonchev–Trinajstić information content (AvgIpc) is 2.01. The molecule has 1 rings (SSSR count). The summed E-state index contributed by atoms with van der Waals surface area (Å²) < 4.78 is 0. The highest BCUT2D eigenvalue weighted by Crippen LogP contribution is 2.24. The Labute approximate surface area is 70.5 Å². The van der Waals surface area contributed by atoms with E-state index in [4.69, 9.17) is 16.6 Å².